The van der Waals surface area contributed by atoms with Gasteiger partial charge in [0.25, 0.3) is 0 Å². The van der Waals surface area contributed by atoms with E-state index in [2.05, 4.69) is 0 Å². The highest BCUT2D eigenvalue weighted by molar-refractivity contribution is 8.13. The summed E-state index contributed by atoms with van der Waals surface area (Å²) in [5, 5.41) is 12.7. The highest BCUT2D eigenvalue weighted by Crippen LogP contribution is 2.73. The number of halogens is 3. The lowest BCUT2D eigenvalue weighted by atomic mass is 9.44. The Labute approximate surface area is 217 Å². The smallest absolute Gasteiger partial charge is 0.226 e. The Bertz CT molecular complexity index is 1190. The largest absolute Gasteiger partial charge is 0.468 e. The second-order valence-corrected chi connectivity index (χ2v) is 12.4. The minimum Gasteiger partial charge on any atom is -0.468 e. The molecule has 0 spiro atoms. The molecular weight excluding hydrogens is 507 g/mol. The van der Waals surface area contributed by atoms with Crippen molar-refractivity contribution >= 4 is 22.7 Å². The highest BCUT2D eigenvalue weighted by atomic mass is 32.2. The summed E-state index contributed by atoms with van der Waals surface area (Å²) in [6.07, 6.45) is 2.26. The third-order valence-corrected chi connectivity index (χ3v) is 10.8. The first-order chi connectivity index (χ1) is 17.5. The van der Waals surface area contributed by atoms with Gasteiger partial charge in [-0.2, -0.15) is 5.06 Å². The van der Waals surface area contributed by atoms with Gasteiger partial charge in [0.05, 0.1) is 18.9 Å². The zero-order valence-corrected chi connectivity index (χ0v) is 21.5. The van der Waals surface area contributed by atoms with Crippen LogP contribution in [0.3, 0.4) is 0 Å². The number of hydrogen-bond acceptors (Lipinski definition) is 7. The molecule has 1 aromatic heterocycles. The molecule has 0 amide bonds. The highest BCUT2D eigenvalue weighted by Gasteiger charge is 2.79. The van der Waals surface area contributed by atoms with Gasteiger partial charge in [0.1, 0.15) is 17.9 Å². The van der Waals surface area contributed by atoms with Gasteiger partial charge in [-0.15, -0.1) is 0 Å². The Hall–Kier alpha value is -1.88. The van der Waals surface area contributed by atoms with Crippen molar-refractivity contribution < 1.29 is 37.1 Å². The minimum atomic E-state index is -2.24. The van der Waals surface area contributed by atoms with Gasteiger partial charge in [-0.3, -0.25) is 14.4 Å². The average Bonchev–Trinajstić information content (AvgIpc) is 3.54. The number of alkyl halides is 3. The molecule has 0 aromatic carbocycles. The fourth-order valence-electron chi connectivity index (χ4n) is 8.49. The predicted octanol–water partition coefficient (Wildman–Crippen LogP) is 4.50. The van der Waals surface area contributed by atoms with Crippen molar-refractivity contribution in [3.8, 4) is 0 Å². The van der Waals surface area contributed by atoms with Crippen LogP contribution in [0.2, 0.25) is 0 Å². The van der Waals surface area contributed by atoms with Gasteiger partial charge in [-0.1, -0.05) is 24.8 Å². The van der Waals surface area contributed by atoms with Crippen molar-refractivity contribution in [1.82, 2.24) is 5.06 Å². The van der Waals surface area contributed by atoms with Crippen molar-refractivity contribution in [3.63, 3.8) is 0 Å². The topological polar surface area (TPSA) is 80.0 Å². The fourth-order valence-corrected chi connectivity index (χ4v) is 9.24. The van der Waals surface area contributed by atoms with E-state index in [9.17, 15) is 19.1 Å². The van der Waals surface area contributed by atoms with Gasteiger partial charge in [-0.25, -0.2) is 13.2 Å². The van der Waals surface area contributed by atoms with Crippen LogP contribution >= 0.6 is 11.8 Å². The molecule has 6 rings (SSSR count). The molecule has 4 aliphatic carbocycles. The number of hydrogen-bond donors (Lipinski definition) is 1. The Morgan fingerprint density at radius 3 is 2.78 bits per heavy atom. The molecule has 200 valence electrons. The molecule has 1 aromatic rings. The normalized spacial score (nSPS) is 46.7. The molecule has 6 nitrogen and oxygen atoms in total. The monoisotopic (exact) mass is 537 g/mol. The standard InChI is InChI=1S/C27H30F3NO5S/c1-24-6-5-16(32)9-20(24)21(29)10-19-18-8-15-12-31(13-17-4-3-7-35-17)36-27(15,23(34)37-14-28)25(18,2)11-22(33)26(19,24)30/h3-7,9,15,18-19,21-22,33H,8,10-14H2,1-2H3/t15-,18-,19-,21-,22-,24-,25-,26-,27-/m0/s1. The number of thioether (sulfide) groups is 1. The molecule has 5 aliphatic rings. The Kier molecular flexibility index (Phi) is 5.70. The number of furan rings is 1. The van der Waals surface area contributed by atoms with Crippen LogP contribution in [-0.4, -0.2) is 57.2 Å². The summed E-state index contributed by atoms with van der Waals surface area (Å²) in [7, 11) is 0. The first kappa shape index (κ1) is 25.4. The molecule has 2 heterocycles. The molecule has 1 aliphatic heterocycles. The van der Waals surface area contributed by atoms with E-state index in [0.29, 0.717) is 30.5 Å². The number of carbonyl (C=O) groups is 2. The summed E-state index contributed by atoms with van der Waals surface area (Å²) in [5.41, 5.74) is -6.25. The lowest BCUT2D eigenvalue weighted by Gasteiger charge is -2.63. The molecule has 4 fully saturated rings. The summed E-state index contributed by atoms with van der Waals surface area (Å²) in [5.74, 6) is -1.59. The van der Waals surface area contributed by atoms with Crippen molar-refractivity contribution in [2.75, 3.05) is 12.6 Å². The van der Waals surface area contributed by atoms with E-state index in [1.807, 2.05) is 0 Å². The zero-order valence-electron chi connectivity index (χ0n) is 20.7. The molecule has 3 saturated carbocycles. The molecule has 0 unspecified atom stereocenters. The minimum absolute atomic E-state index is 0.0549. The molecular formula is C27H30F3NO5S. The van der Waals surface area contributed by atoms with E-state index >= 15 is 8.78 Å². The maximum atomic E-state index is 17.4. The number of hydroxylamine groups is 2. The lowest BCUT2D eigenvalue weighted by molar-refractivity contribution is -0.266. The second kappa shape index (κ2) is 8.31. The third kappa shape index (κ3) is 3.13. The van der Waals surface area contributed by atoms with E-state index < -0.39 is 69.0 Å². The number of fused-ring (bicyclic) bond motifs is 7. The summed E-state index contributed by atoms with van der Waals surface area (Å²) >= 11 is 0.520. The zero-order chi connectivity index (χ0) is 26.4. The molecule has 9 atom stereocenters. The van der Waals surface area contributed by atoms with Crippen molar-refractivity contribution in [3.05, 3.63) is 48.0 Å². The Morgan fingerprint density at radius 2 is 2.08 bits per heavy atom. The first-order valence-corrected chi connectivity index (χ1v) is 13.7. The SMILES string of the molecule is C[C@]12C=CC(=O)C=C1[C@@H](F)C[C@H]1[C@@H]3C[C@H]4CN(Cc5ccco5)O[C@@]4(C(=O)SCF)[C@@]3(C)C[C@H](O)[C@@]12F. The summed E-state index contributed by atoms with van der Waals surface area (Å²) in [4.78, 5) is 32.1. The number of allylic oxidation sites excluding steroid dienone is 4. The van der Waals surface area contributed by atoms with Crippen molar-refractivity contribution in [1.29, 1.82) is 0 Å². The average molecular weight is 538 g/mol. The predicted molar refractivity (Wildman–Crippen MR) is 129 cm³/mol. The molecule has 1 N–H and O–H groups in total. The molecule has 10 heteroatoms. The molecule has 0 bridgehead atoms. The Morgan fingerprint density at radius 1 is 1.30 bits per heavy atom. The molecule has 37 heavy (non-hydrogen) atoms. The van der Waals surface area contributed by atoms with Crippen LogP contribution in [0.15, 0.2) is 46.6 Å². The number of nitrogens with zero attached hydrogens (tertiary/aromatic N) is 1. The maximum Gasteiger partial charge on any atom is 0.226 e. The summed E-state index contributed by atoms with van der Waals surface area (Å²) in [6, 6.07) is 2.59. The molecule has 0 radical (unpaired) electrons. The van der Waals surface area contributed by atoms with Crippen LogP contribution in [0.25, 0.3) is 0 Å². The van der Waals surface area contributed by atoms with Gasteiger partial charge in [0.2, 0.25) is 5.12 Å². The van der Waals surface area contributed by atoms with Crippen molar-refractivity contribution in [2.24, 2.45) is 28.6 Å². The quantitative estimate of drug-likeness (QED) is 0.606. The van der Waals surface area contributed by atoms with Gasteiger partial charge in [-0.05, 0) is 62.0 Å². The van der Waals surface area contributed by atoms with Crippen LogP contribution in [0.4, 0.5) is 13.2 Å². The van der Waals surface area contributed by atoms with Crippen LogP contribution < -0.4 is 0 Å². The lowest BCUT2D eigenvalue weighted by Crippen LogP contribution is -2.70. The number of aliphatic hydroxyl groups is 1. The van der Waals surface area contributed by atoms with E-state index in [4.69, 9.17) is 9.25 Å². The first-order valence-electron chi connectivity index (χ1n) is 12.7. The van der Waals surface area contributed by atoms with E-state index in [0.717, 1.165) is 6.08 Å². The van der Waals surface area contributed by atoms with Crippen LogP contribution in [0.5, 0.6) is 0 Å². The van der Waals surface area contributed by atoms with Crippen molar-refractivity contribution in [2.45, 2.75) is 63.2 Å². The van der Waals surface area contributed by atoms with Crippen LogP contribution in [0, 0.1) is 28.6 Å². The van der Waals surface area contributed by atoms with Gasteiger partial charge in [0, 0.05) is 29.2 Å². The number of rotatable bonds is 4. The summed E-state index contributed by atoms with van der Waals surface area (Å²) < 4.78 is 52.0. The number of aliphatic hydroxyl groups excluding tert-OH is 1. The van der Waals surface area contributed by atoms with Gasteiger partial charge >= 0.3 is 0 Å². The Balaban J connectivity index is 1.42. The van der Waals surface area contributed by atoms with Crippen LogP contribution in [-0.2, 0) is 21.0 Å². The van der Waals surface area contributed by atoms with Gasteiger partial charge < -0.3 is 9.52 Å². The third-order valence-electron chi connectivity index (χ3n) is 10.1. The van der Waals surface area contributed by atoms with Crippen LogP contribution in [0.1, 0.15) is 38.9 Å². The number of carbonyl (C=O) groups excluding carboxylic acids is 2. The van der Waals surface area contributed by atoms with E-state index in [-0.39, 0.29) is 25.0 Å². The fraction of sp³-hybridized carbons (Fsp3) is 0.630. The van der Waals surface area contributed by atoms with E-state index in [1.165, 1.54) is 18.4 Å². The summed E-state index contributed by atoms with van der Waals surface area (Å²) in [6.45, 7) is 3.96. The second-order valence-electron chi connectivity index (χ2n) is 11.6. The van der Waals surface area contributed by atoms with Gasteiger partial charge in [0.15, 0.2) is 17.1 Å². The van der Waals surface area contributed by atoms with E-state index in [1.54, 1.807) is 31.0 Å². The maximum absolute atomic E-state index is 17.4. The number of ketones is 1. The molecule has 1 saturated heterocycles.